The molecule has 0 saturated heterocycles. The van der Waals surface area contributed by atoms with Gasteiger partial charge in [0.25, 0.3) is 0 Å². The minimum Gasteiger partial charge on any atom is -0.395 e. The van der Waals surface area contributed by atoms with Crippen molar-refractivity contribution < 1.29 is 9.90 Å². The van der Waals surface area contributed by atoms with Crippen LogP contribution in [0.1, 0.15) is 41.0 Å². The van der Waals surface area contributed by atoms with E-state index >= 15 is 0 Å². The highest BCUT2D eigenvalue weighted by Gasteiger charge is 2.20. The molecular formula is C12H26N2O2. The Labute approximate surface area is 98.8 Å². The van der Waals surface area contributed by atoms with Crippen LogP contribution in [-0.2, 0) is 4.79 Å². The predicted molar refractivity (Wildman–Crippen MR) is 66.2 cm³/mol. The topological polar surface area (TPSA) is 61.4 Å². The highest BCUT2D eigenvalue weighted by atomic mass is 16.3. The first-order valence-electron chi connectivity index (χ1n) is 6.09. The number of aliphatic hydroxyl groups is 1. The van der Waals surface area contributed by atoms with Gasteiger partial charge < -0.3 is 15.7 Å². The summed E-state index contributed by atoms with van der Waals surface area (Å²) in [5.74, 6) is 0.303. The zero-order chi connectivity index (χ0) is 12.7. The molecule has 3 atom stereocenters. The molecule has 0 aromatic carbocycles. The van der Waals surface area contributed by atoms with Crippen molar-refractivity contribution in [2.75, 3.05) is 6.61 Å². The monoisotopic (exact) mass is 230 g/mol. The fourth-order valence-electron chi connectivity index (χ4n) is 1.32. The van der Waals surface area contributed by atoms with E-state index in [0.717, 1.165) is 6.42 Å². The molecule has 4 heteroatoms. The molecule has 0 rings (SSSR count). The molecule has 0 spiro atoms. The van der Waals surface area contributed by atoms with E-state index in [4.69, 9.17) is 5.11 Å². The van der Waals surface area contributed by atoms with Crippen LogP contribution in [0.4, 0.5) is 0 Å². The largest absolute Gasteiger partial charge is 0.395 e. The summed E-state index contributed by atoms with van der Waals surface area (Å²) in [5.41, 5.74) is 0. The summed E-state index contributed by atoms with van der Waals surface area (Å²) in [6, 6.07) is -0.102. The van der Waals surface area contributed by atoms with Crippen LogP contribution < -0.4 is 10.6 Å². The minimum atomic E-state index is -0.270. The Morgan fingerprint density at radius 3 is 2.19 bits per heavy atom. The molecule has 1 amide bonds. The van der Waals surface area contributed by atoms with Crippen LogP contribution in [-0.4, -0.2) is 35.7 Å². The Hall–Kier alpha value is -0.610. The van der Waals surface area contributed by atoms with E-state index in [1.165, 1.54) is 0 Å². The number of carbonyl (C=O) groups is 1. The summed E-state index contributed by atoms with van der Waals surface area (Å²) in [5, 5.41) is 15.2. The van der Waals surface area contributed by atoms with Gasteiger partial charge in [-0.25, -0.2) is 0 Å². The van der Waals surface area contributed by atoms with Crippen molar-refractivity contribution in [2.45, 2.75) is 59.2 Å². The zero-order valence-corrected chi connectivity index (χ0v) is 11.1. The summed E-state index contributed by atoms with van der Waals surface area (Å²) in [6.07, 6.45) is 0.923. The fourth-order valence-corrected chi connectivity index (χ4v) is 1.32. The third-order valence-electron chi connectivity index (χ3n) is 2.86. The summed E-state index contributed by atoms with van der Waals surface area (Å²) >= 11 is 0. The summed E-state index contributed by atoms with van der Waals surface area (Å²) < 4.78 is 0. The van der Waals surface area contributed by atoms with Crippen molar-refractivity contribution in [3.05, 3.63) is 0 Å². The molecule has 0 aromatic heterocycles. The molecule has 0 aliphatic rings. The maximum atomic E-state index is 11.7. The molecule has 0 heterocycles. The molecule has 0 aliphatic carbocycles. The lowest BCUT2D eigenvalue weighted by molar-refractivity contribution is -0.123. The molecule has 0 fully saturated rings. The van der Waals surface area contributed by atoms with Gasteiger partial charge in [0.1, 0.15) is 0 Å². The van der Waals surface area contributed by atoms with Crippen molar-refractivity contribution in [1.82, 2.24) is 10.6 Å². The molecule has 3 N–H and O–H groups in total. The van der Waals surface area contributed by atoms with Gasteiger partial charge >= 0.3 is 0 Å². The van der Waals surface area contributed by atoms with Crippen molar-refractivity contribution in [3.63, 3.8) is 0 Å². The molecule has 16 heavy (non-hydrogen) atoms. The Bertz CT molecular complexity index is 207. The summed E-state index contributed by atoms with van der Waals surface area (Å²) in [4.78, 5) is 11.7. The van der Waals surface area contributed by atoms with E-state index in [-0.39, 0.29) is 30.6 Å². The lowest BCUT2D eigenvalue weighted by atomic mass is 10.0. The second-order valence-corrected chi connectivity index (χ2v) is 4.74. The molecule has 0 aliphatic heterocycles. The van der Waals surface area contributed by atoms with Crippen LogP contribution in [0.25, 0.3) is 0 Å². The van der Waals surface area contributed by atoms with Gasteiger partial charge in [0.05, 0.1) is 12.6 Å². The molecule has 0 aromatic rings. The number of hydrogen-bond acceptors (Lipinski definition) is 3. The average Bonchev–Trinajstić information content (AvgIpc) is 2.24. The van der Waals surface area contributed by atoms with Gasteiger partial charge in [-0.1, -0.05) is 20.8 Å². The number of amides is 1. The van der Waals surface area contributed by atoms with Crippen molar-refractivity contribution in [2.24, 2.45) is 5.92 Å². The van der Waals surface area contributed by atoms with Crippen LogP contribution in [0.15, 0.2) is 0 Å². The Balaban J connectivity index is 4.13. The molecule has 96 valence electrons. The SMILES string of the molecule is CCC(C)NC(=O)C(C)N[C@H](CO)C(C)C. The summed E-state index contributed by atoms with van der Waals surface area (Å²) in [6.45, 7) is 9.94. The average molecular weight is 230 g/mol. The van der Waals surface area contributed by atoms with E-state index in [9.17, 15) is 4.79 Å². The molecule has 0 saturated carbocycles. The van der Waals surface area contributed by atoms with E-state index in [1.54, 1.807) is 0 Å². The lowest BCUT2D eigenvalue weighted by Gasteiger charge is -2.25. The number of hydrogen-bond donors (Lipinski definition) is 3. The second kappa shape index (κ2) is 7.63. The minimum absolute atomic E-state index is 0.00606. The Kier molecular flexibility index (Phi) is 7.34. The maximum absolute atomic E-state index is 11.7. The molecule has 0 radical (unpaired) electrons. The summed E-state index contributed by atoms with van der Waals surface area (Å²) in [7, 11) is 0. The quantitative estimate of drug-likeness (QED) is 0.609. The van der Waals surface area contributed by atoms with E-state index in [0.29, 0.717) is 5.92 Å². The van der Waals surface area contributed by atoms with Crippen LogP contribution in [0.5, 0.6) is 0 Å². The highest BCUT2D eigenvalue weighted by Crippen LogP contribution is 2.02. The normalized spacial score (nSPS) is 16.9. The van der Waals surface area contributed by atoms with Crippen LogP contribution in [0, 0.1) is 5.92 Å². The molecule has 4 nitrogen and oxygen atoms in total. The first kappa shape index (κ1) is 15.4. The number of carbonyl (C=O) groups excluding carboxylic acids is 1. The number of rotatable bonds is 7. The van der Waals surface area contributed by atoms with Gasteiger partial charge in [0.2, 0.25) is 5.91 Å². The first-order chi connectivity index (χ1) is 7.42. The molecule has 0 bridgehead atoms. The number of aliphatic hydroxyl groups excluding tert-OH is 1. The van der Waals surface area contributed by atoms with Crippen LogP contribution in [0.2, 0.25) is 0 Å². The zero-order valence-electron chi connectivity index (χ0n) is 11.1. The van der Waals surface area contributed by atoms with Gasteiger partial charge in [-0.15, -0.1) is 0 Å². The van der Waals surface area contributed by atoms with Crippen molar-refractivity contribution in [3.8, 4) is 0 Å². The lowest BCUT2D eigenvalue weighted by Crippen LogP contribution is -2.51. The standard InChI is InChI=1S/C12H26N2O2/c1-6-9(4)13-12(16)10(5)14-11(7-15)8(2)3/h8-11,14-15H,6-7H2,1-5H3,(H,13,16)/t9?,10?,11-/m1/s1. The van der Waals surface area contributed by atoms with Crippen LogP contribution in [0.3, 0.4) is 0 Å². The fraction of sp³-hybridized carbons (Fsp3) is 0.917. The first-order valence-corrected chi connectivity index (χ1v) is 6.09. The predicted octanol–water partition coefficient (Wildman–Crippen LogP) is 0.896. The van der Waals surface area contributed by atoms with Crippen molar-refractivity contribution >= 4 is 5.91 Å². The highest BCUT2D eigenvalue weighted by molar-refractivity contribution is 5.81. The number of nitrogens with one attached hydrogen (secondary N) is 2. The van der Waals surface area contributed by atoms with E-state index in [2.05, 4.69) is 10.6 Å². The van der Waals surface area contributed by atoms with Gasteiger partial charge in [-0.05, 0) is 26.2 Å². The van der Waals surface area contributed by atoms with Crippen LogP contribution >= 0.6 is 0 Å². The third kappa shape index (κ3) is 5.47. The third-order valence-corrected chi connectivity index (χ3v) is 2.86. The van der Waals surface area contributed by atoms with E-state index < -0.39 is 0 Å². The van der Waals surface area contributed by atoms with Gasteiger partial charge in [0, 0.05) is 12.1 Å². The molecular weight excluding hydrogens is 204 g/mol. The smallest absolute Gasteiger partial charge is 0.237 e. The molecule has 2 unspecified atom stereocenters. The van der Waals surface area contributed by atoms with Crippen molar-refractivity contribution in [1.29, 1.82) is 0 Å². The van der Waals surface area contributed by atoms with Gasteiger partial charge in [0.15, 0.2) is 0 Å². The Morgan fingerprint density at radius 1 is 1.25 bits per heavy atom. The van der Waals surface area contributed by atoms with E-state index in [1.807, 2.05) is 34.6 Å². The van der Waals surface area contributed by atoms with Gasteiger partial charge in [-0.2, -0.15) is 0 Å². The second-order valence-electron chi connectivity index (χ2n) is 4.74. The van der Waals surface area contributed by atoms with Gasteiger partial charge in [-0.3, -0.25) is 4.79 Å². The maximum Gasteiger partial charge on any atom is 0.237 e. The Morgan fingerprint density at radius 2 is 1.81 bits per heavy atom.